The van der Waals surface area contributed by atoms with Crippen LogP contribution >= 0.6 is 0 Å². The molecule has 0 atom stereocenters. The molecule has 0 aliphatic carbocycles. The largest absolute Gasteiger partial charge is 0.493 e. The van der Waals surface area contributed by atoms with E-state index in [1.165, 1.54) is 0 Å². The molecule has 0 saturated carbocycles. The van der Waals surface area contributed by atoms with E-state index >= 15 is 0 Å². The van der Waals surface area contributed by atoms with E-state index in [4.69, 9.17) is 9.88 Å². The Balaban J connectivity index is 2.69. The Labute approximate surface area is 105 Å². The van der Waals surface area contributed by atoms with Gasteiger partial charge < -0.3 is 4.74 Å². The van der Waals surface area contributed by atoms with E-state index in [1.54, 1.807) is 13.8 Å². The van der Waals surface area contributed by atoms with Crippen molar-refractivity contribution in [1.29, 1.82) is 0 Å². The standard InChI is InChI=1S/C11H15F2NO3S/c1-11(2,7-18(14,15)16)6-17-10-4-8(12)3-9(13)5-10/h3-5H,6-7H2,1-2H3,(H2,14,15,16). The Kier molecular flexibility index (Phi) is 4.28. The summed E-state index contributed by atoms with van der Waals surface area (Å²) in [4.78, 5) is 0. The highest BCUT2D eigenvalue weighted by Crippen LogP contribution is 2.21. The third-order valence-corrected chi connectivity index (χ3v) is 3.24. The normalized spacial score (nSPS) is 12.5. The molecule has 2 N–H and O–H groups in total. The Morgan fingerprint density at radius 1 is 1.22 bits per heavy atom. The zero-order valence-electron chi connectivity index (χ0n) is 10.1. The zero-order chi connectivity index (χ0) is 14.0. The summed E-state index contributed by atoms with van der Waals surface area (Å²) < 4.78 is 52.9. The number of ether oxygens (including phenoxy) is 1. The summed E-state index contributed by atoms with van der Waals surface area (Å²) >= 11 is 0. The lowest BCUT2D eigenvalue weighted by molar-refractivity contribution is 0.198. The first-order chi connectivity index (χ1) is 8.07. The summed E-state index contributed by atoms with van der Waals surface area (Å²) in [5.74, 6) is -1.78. The van der Waals surface area contributed by atoms with Crippen molar-refractivity contribution in [3.8, 4) is 5.75 Å². The highest BCUT2D eigenvalue weighted by atomic mass is 32.2. The van der Waals surface area contributed by atoms with Gasteiger partial charge in [0.2, 0.25) is 10.0 Å². The highest BCUT2D eigenvalue weighted by molar-refractivity contribution is 7.89. The summed E-state index contributed by atoms with van der Waals surface area (Å²) in [7, 11) is -3.63. The molecular weight excluding hydrogens is 264 g/mol. The topological polar surface area (TPSA) is 69.4 Å². The van der Waals surface area contributed by atoms with Crippen molar-refractivity contribution < 1.29 is 21.9 Å². The van der Waals surface area contributed by atoms with E-state index in [0.717, 1.165) is 18.2 Å². The SMILES string of the molecule is CC(C)(COc1cc(F)cc(F)c1)CS(N)(=O)=O. The second-order valence-corrected chi connectivity index (χ2v) is 6.48. The van der Waals surface area contributed by atoms with Crippen LogP contribution in [0.15, 0.2) is 18.2 Å². The molecule has 1 aromatic rings. The van der Waals surface area contributed by atoms with Crippen molar-refractivity contribution >= 4 is 10.0 Å². The molecule has 102 valence electrons. The molecule has 0 spiro atoms. The average Bonchev–Trinajstić information content (AvgIpc) is 2.09. The molecule has 18 heavy (non-hydrogen) atoms. The van der Waals surface area contributed by atoms with E-state index in [1.807, 2.05) is 0 Å². The minimum absolute atomic E-state index is 0.00925. The molecule has 0 amide bonds. The van der Waals surface area contributed by atoms with Crippen LogP contribution in [0.25, 0.3) is 0 Å². The van der Waals surface area contributed by atoms with Gasteiger partial charge in [-0.05, 0) is 0 Å². The minimum atomic E-state index is -3.63. The van der Waals surface area contributed by atoms with Crippen LogP contribution in [0.5, 0.6) is 5.75 Å². The lowest BCUT2D eigenvalue weighted by Crippen LogP contribution is -2.33. The Morgan fingerprint density at radius 3 is 2.17 bits per heavy atom. The molecule has 4 nitrogen and oxygen atoms in total. The van der Waals surface area contributed by atoms with Crippen LogP contribution in [0.4, 0.5) is 8.78 Å². The van der Waals surface area contributed by atoms with Crippen LogP contribution in [-0.2, 0) is 10.0 Å². The smallest absolute Gasteiger partial charge is 0.209 e. The lowest BCUT2D eigenvalue weighted by Gasteiger charge is -2.23. The molecule has 0 aromatic heterocycles. The maximum Gasteiger partial charge on any atom is 0.209 e. The Bertz CT molecular complexity index is 509. The van der Waals surface area contributed by atoms with Crippen LogP contribution in [0.3, 0.4) is 0 Å². The summed E-state index contributed by atoms with van der Waals surface area (Å²) in [6.45, 7) is 3.24. The predicted molar refractivity (Wildman–Crippen MR) is 63.6 cm³/mol. The first kappa shape index (κ1) is 14.8. The molecule has 0 aliphatic rings. The molecule has 1 aromatic carbocycles. The third-order valence-electron chi connectivity index (χ3n) is 2.06. The molecule has 0 radical (unpaired) electrons. The van der Waals surface area contributed by atoms with Gasteiger partial charge in [-0.2, -0.15) is 0 Å². The summed E-state index contributed by atoms with van der Waals surface area (Å²) in [6.07, 6.45) is 0. The van der Waals surface area contributed by atoms with Gasteiger partial charge in [-0.3, -0.25) is 0 Å². The van der Waals surface area contributed by atoms with Crippen LogP contribution < -0.4 is 9.88 Å². The number of nitrogens with two attached hydrogens (primary N) is 1. The van der Waals surface area contributed by atoms with E-state index in [-0.39, 0.29) is 18.1 Å². The molecule has 1 rings (SSSR count). The fourth-order valence-corrected chi connectivity index (χ4v) is 2.65. The molecule has 0 heterocycles. The number of hydrogen-bond donors (Lipinski definition) is 1. The number of benzene rings is 1. The highest BCUT2D eigenvalue weighted by Gasteiger charge is 2.25. The van der Waals surface area contributed by atoms with E-state index in [9.17, 15) is 17.2 Å². The fourth-order valence-electron chi connectivity index (χ4n) is 1.48. The van der Waals surface area contributed by atoms with Crippen molar-refractivity contribution in [2.75, 3.05) is 12.4 Å². The van der Waals surface area contributed by atoms with E-state index in [0.29, 0.717) is 0 Å². The first-order valence-corrected chi connectivity index (χ1v) is 6.88. The second kappa shape index (κ2) is 5.19. The van der Waals surface area contributed by atoms with E-state index < -0.39 is 27.1 Å². The summed E-state index contributed by atoms with van der Waals surface area (Å²) in [5, 5.41) is 4.94. The van der Waals surface area contributed by atoms with E-state index in [2.05, 4.69) is 0 Å². The third kappa shape index (κ3) is 5.42. The van der Waals surface area contributed by atoms with Crippen molar-refractivity contribution in [3.63, 3.8) is 0 Å². The number of rotatable bonds is 5. The van der Waals surface area contributed by atoms with Crippen LogP contribution in [-0.4, -0.2) is 20.8 Å². The van der Waals surface area contributed by atoms with Gasteiger partial charge in [-0.1, -0.05) is 13.8 Å². The molecular formula is C11H15F2NO3S. The number of hydrogen-bond acceptors (Lipinski definition) is 3. The van der Waals surface area contributed by atoms with Gasteiger partial charge in [0.05, 0.1) is 12.4 Å². The lowest BCUT2D eigenvalue weighted by atomic mass is 9.98. The van der Waals surface area contributed by atoms with Crippen LogP contribution in [0.2, 0.25) is 0 Å². The molecule has 0 aliphatic heterocycles. The Morgan fingerprint density at radius 2 is 1.72 bits per heavy atom. The molecule has 0 bridgehead atoms. The van der Waals surface area contributed by atoms with Gasteiger partial charge in [0.25, 0.3) is 0 Å². The maximum atomic E-state index is 12.9. The van der Waals surface area contributed by atoms with Gasteiger partial charge in [0.15, 0.2) is 0 Å². The molecule has 0 saturated heterocycles. The average molecular weight is 279 g/mol. The quantitative estimate of drug-likeness (QED) is 0.891. The summed E-state index contributed by atoms with van der Waals surface area (Å²) in [6, 6.07) is 2.77. The maximum absolute atomic E-state index is 12.9. The fraction of sp³-hybridized carbons (Fsp3) is 0.455. The van der Waals surface area contributed by atoms with Crippen molar-refractivity contribution in [3.05, 3.63) is 29.8 Å². The van der Waals surface area contributed by atoms with Gasteiger partial charge in [0, 0.05) is 23.6 Å². The second-order valence-electron chi connectivity index (χ2n) is 4.87. The van der Waals surface area contributed by atoms with Crippen molar-refractivity contribution in [2.24, 2.45) is 10.6 Å². The molecule has 7 heteroatoms. The predicted octanol–water partition coefficient (Wildman–Crippen LogP) is 1.66. The zero-order valence-corrected chi connectivity index (χ0v) is 10.9. The first-order valence-electron chi connectivity index (χ1n) is 5.17. The minimum Gasteiger partial charge on any atom is -0.493 e. The molecule has 0 unspecified atom stereocenters. The van der Waals surface area contributed by atoms with Gasteiger partial charge >= 0.3 is 0 Å². The van der Waals surface area contributed by atoms with Crippen LogP contribution in [0, 0.1) is 17.0 Å². The number of halogens is 2. The molecule has 0 fully saturated rings. The van der Waals surface area contributed by atoms with Gasteiger partial charge in [-0.15, -0.1) is 0 Å². The van der Waals surface area contributed by atoms with Crippen molar-refractivity contribution in [2.45, 2.75) is 13.8 Å². The van der Waals surface area contributed by atoms with Crippen LogP contribution in [0.1, 0.15) is 13.8 Å². The van der Waals surface area contributed by atoms with Crippen molar-refractivity contribution in [1.82, 2.24) is 0 Å². The Hall–Kier alpha value is -1.21. The number of sulfonamides is 1. The monoisotopic (exact) mass is 279 g/mol. The van der Waals surface area contributed by atoms with Gasteiger partial charge in [-0.25, -0.2) is 22.3 Å². The summed E-state index contributed by atoms with van der Waals surface area (Å²) in [5.41, 5.74) is -0.754. The number of primary sulfonamides is 1. The van der Waals surface area contributed by atoms with Gasteiger partial charge in [0.1, 0.15) is 17.4 Å².